The van der Waals surface area contributed by atoms with Gasteiger partial charge in [0.15, 0.2) is 0 Å². The van der Waals surface area contributed by atoms with Gasteiger partial charge in [0.2, 0.25) is 11.8 Å². The van der Waals surface area contributed by atoms with Crippen LogP contribution in [0, 0.1) is 5.92 Å². The molecule has 5 nitrogen and oxygen atoms in total. The lowest BCUT2D eigenvalue weighted by molar-refractivity contribution is 0.305. The van der Waals surface area contributed by atoms with E-state index in [1.165, 1.54) is 19.5 Å². The van der Waals surface area contributed by atoms with E-state index >= 15 is 0 Å². The summed E-state index contributed by atoms with van der Waals surface area (Å²) in [5, 5.41) is 3.32. The first-order valence-corrected chi connectivity index (χ1v) is 7.24. The predicted octanol–water partition coefficient (Wildman–Crippen LogP) is 2.02. The molecule has 5 heteroatoms. The molecule has 1 saturated heterocycles. The van der Waals surface area contributed by atoms with Gasteiger partial charge < -0.3 is 15.0 Å². The summed E-state index contributed by atoms with van der Waals surface area (Å²) < 4.78 is 5.50. The number of aromatic nitrogens is 2. The summed E-state index contributed by atoms with van der Waals surface area (Å²) in [7, 11) is 0. The molecule has 106 valence electrons. The highest BCUT2D eigenvalue weighted by atomic mass is 16.5. The standard InChI is InChI=1S/C14H24N4O/c1-3-9-19-13-5-7-15-14(17-13)16-10-12-6-8-18(4-2)11-12/h5,7,12H,3-4,6,8-11H2,1-2H3,(H,15,16,17). The molecule has 0 aromatic carbocycles. The third-order valence-corrected chi connectivity index (χ3v) is 3.45. The van der Waals surface area contributed by atoms with Gasteiger partial charge >= 0.3 is 0 Å². The van der Waals surface area contributed by atoms with Crippen LogP contribution < -0.4 is 10.1 Å². The van der Waals surface area contributed by atoms with Gasteiger partial charge in [-0.05, 0) is 31.8 Å². The van der Waals surface area contributed by atoms with E-state index < -0.39 is 0 Å². The minimum absolute atomic E-state index is 0.654. The van der Waals surface area contributed by atoms with Crippen molar-refractivity contribution < 1.29 is 4.74 Å². The van der Waals surface area contributed by atoms with E-state index in [0.717, 1.165) is 19.5 Å². The lowest BCUT2D eigenvalue weighted by Crippen LogP contribution is -2.22. The van der Waals surface area contributed by atoms with Crippen molar-refractivity contribution in [3.8, 4) is 5.88 Å². The molecule has 1 atom stereocenters. The molecule has 2 heterocycles. The van der Waals surface area contributed by atoms with Crippen LogP contribution >= 0.6 is 0 Å². The largest absolute Gasteiger partial charge is 0.478 e. The average Bonchev–Trinajstić information content (AvgIpc) is 2.91. The number of ether oxygens (including phenoxy) is 1. The minimum atomic E-state index is 0.654. The second kappa shape index (κ2) is 7.28. The topological polar surface area (TPSA) is 50.3 Å². The van der Waals surface area contributed by atoms with E-state index in [1.807, 2.05) is 0 Å². The van der Waals surface area contributed by atoms with Gasteiger partial charge in [0, 0.05) is 25.4 Å². The van der Waals surface area contributed by atoms with E-state index in [-0.39, 0.29) is 0 Å². The van der Waals surface area contributed by atoms with Crippen LogP contribution in [-0.2, 0) is 0 Å². The number of hydrogen-bond acceptors (Lipinski definition) is 5. The molecule has 1 aliphatic heterocycles. The predicted molar refractivity (Wildman–Crippen MR) is 76.5 cm³/mol. The molecule has 2 rings (SSSR count). The van der Waals surface area contributed by atoms with Crippen LogP contribution in [0.5, 0.6) is 5.88 Å². The summed E-state index contributed by atoms with van der Waals surface area (Å²) in [6, 6.07) is 1.80. The molecule has 0 amide bonds. The highest BCUT2D eigenvalue weighted by Crippen LogP contribution is 2.16. The van der Waals surface area contributed by atoms with Crippen LogP contribution in [0.2, 0.25) is 0 Å². The maximum Gasteiger partial charge on any atom is 0.225 e. The van der Waals surface area contributed by atoms with Crippen LogP contribution in [0.4, 0.5) is 5.95 Å². The van der Waals surface area contributed by atoms with E-state index in [1.54, 1.807) is 12.3 Å². The van der Waals surface area contributed by atoms with E-state index in [0.29, 0.717) is 24.4 Å². The van der Waals surface area contributed by atoms with Gasteiger partial charge in [-0.15, -0.1) is 0 Å². The van der Waals surface area contributed by atoms with Gasteiger partial charge in [0.25, 0.3) is 0 Å². The fourth-order valence-electron chi connectivity index (χ4n) is 2.32. The SMILES string of the molecule is CCCOc1ccnc(NCC2CCN(CC)C2)n1. The summed E-state index contributed by atoms with van der Waals surface area (Å²) >= 11 is 0. The zero-order valence-electron chi connectivity index (χ0n) is 11.9. The summed E-state index contributed by atoms with van der Waals surface area (Å²) in [4.78, 5) is 11.1. The summed E-state index contributed by atoms with van der Waals surface area (Å²) in [6.07, 6.45) is 3.99. The van der Waals surface area contributed by atoms with E-state index in [2.05, 4.69) is 34.0 Å². The highest BCUT2D eigenvalue weighted by molar-refractivity contribution is 5.27. The van der Waals surface area contributed by atoms with Crippen molar-refractivity contribution >= 4 is 5.95 Å². The summed E-state index contributed by atoms with van der Waals surface area (Å²) in [5.41, 5.74) is 0. The first-order chi connectivity index (χ1) is 9.31. The van der Waals surface area contributed by atoms with Crippen molar-refractivity contribution in [1.29, 1.82) is 0 Å². The van der Waals surface area contributed by atoms with Crippen molar-refractivity contribution in [3.63, 3.8) is 0 Å². The van der Waals surface area contributed by atoms with Gasteiger partial charge in [0.1, 0.15) is 0 Å². The van der Waals surface area contributed by atoms with E-state index in [4.69, 9.17) is 4.74 Å². The lowest BCUT2D eigenvalue weighted by atomic mass is 10.1. The molecule has 0 radical (unpaired) electrons. The monoisotopic (exact) mass is 264 g/mol. The summed E-state index contributed by atoms with van der Waals surface area (Å²) in [5.74, 6) is 2.02. The molecule has 0 bridgehead atoms. The Morgan fingerprint density at radius 1 is 1.47 bits per heavy atom. The molecule has 1 aromatic heterocycles. The Balaban J connectivity index is 1.79. The molecule has 0 saturated carbocycles. The number of nitrogens with zero attached hydrogens (tertiary/aromatic N) is 3. The maximum atomic E-state index is 5.50. The lowest BCUT2D eigenvalue weighted by Gasteiger charge is -2.13. The Bertz CT molecular complexity index is 385. The molecule has 19 heavy (non-hydrogen) atoms. The Morgan fingerprint density at radius 3 is 3.11 bits per heavy atom. The molecule has 1 aliphatic rings. The summed E-state index contributed by atoms with van der Waals surface area (Å²) in [6.45, 7) is 9.47. The van der Waals surface area contributed by atoms with Gasteiger partial charge in [-0.25, -0.2) is 4.98 Å². The van der Waals surface area contributed by atoms with Crippen molar-refractivity contribution in [2.24, 2.45) is 5.92 Å². The molecule has 1 unspecified atom stereocenters. The van der Waals surface area contributed by atoms with Crippen LogP contribution in [0.25, 0.3) is 0 Å². The van der Waals surface area contributed by atoms with Crippen LogP contribution in [0.15, 0.2) is 12.3 Å². The Hall–Kier alpha value is -1.36. The average molecular weight is 264 g/mol. The molecule has 1 aromatic rings. The third kappa shape index (κ3) is 4.35. The number of rotatable bonds is 7. The van der Waals surface area contributed by atoms with E-state index in [9.17, 15) is 0 Å². The molecule has 0 spiro atoms. The zero-order valence-corrected chi connectivity index (χ0v) is 11.9. The number of nitrogens with one attached hydrogen (secondary N) is 1. The zero-order chi connectivity index (χ0) is 13.5. The quantitative estimate of drug-likeness (QED) is 0.816. The highest BCUT2D eigenvalue weighted by Gasteiger charge is 2.20. The van der Waals surface area contributed by atoms with Gasteiger partial charge in [0.05, 0.1) is 6.61 Å². The fraction of sp³-hybridized carbons (Fsp3) is 0.714. The minimum Gasteiger partial charge on any atom is -0.478 e. The molecule has 1 fully saturated rings. The Labute approximate surface area is 115 Å². The van der Waals surface area contributed by atoms with Crippen molar-refractivity contribution in [2.75, 3.05) is 38.1 Å². The van der Waals surface area contributed by atoms with Crippen LogP contribution in [-0.4, -0.2) is 47.7 Å². The Morgan fingerprint density at radius 2 is 2.37 bits per heavy atom. The van der Waals surface area contributed by atoms with Crippen molar-refractivity contribution in [2.45, 2.75) is 26.7 Å². The maximum absolute atomic E-state index is 5.50. The number of hydrogen-bond donors (Lipinski definition) is 1. The molecule has 0 aliphatic carbocycles. The first kappa shape index (κ1) is 14.1. The normalized spacial score (nSPS) is 19.6. The van der Waals surface area contributed by atoms with Gasteiger partial charge in [-0.2, -0.15) is 4.98 Å². The third-order valence-electron chi connectivity index (χ3n) is 3.45. The molecular weight excluding hydrogens is 240 g/mol. The first-order valence-electron chi connectivity index (χ1n) is 7.24. The van der Waals surface area contributed by atoms with Gasteiger partial charge in [-0.3, -0.25) is 0 Å². The second-order valence-corrected chi connectivity index (χ2v) is 5.00. The van der Waals surface area contributed by atoms with Gasteiger partial charge in [-0.1, -0.05) is 13.8 Å². The number of likely N-dealkylation sites (tertiary alicyclic amines) is 1. The van der Waals surface area contributed by atoms with Crippen LogP contribution in [0.3, 0.4) is 0 Å². The van der Waals surface area contributed by atoms with Crippen molar-refractivity contribution in [1.82, 2.24) is 14.9 Å². The molecule has 1 N–H and O–H groups in total. The van der Waals surface area contributed by atoms with Crippen LogP contribution in [0.1, 0.15) is 26.7 Å². The Kier molecular flexibility index (Phi) is 5.39. The second-order valence-electron chi connectivity index (χ2n) is 5.00. The fourth-order valence-corrected chi connectivity index (χ4v) is 2.32. The number of anilines is 1. The smallest absolute Gasteiger partial charge is 0.225 e. The molecular formula is C14H24N4O. The van der Waals surface area contributed by atoms with Crippen molar-refractivity contribution in [3.05, 3.63) is 12.3 Å².